The van der Waals surface area contributed by atoms with Crippen molar-refractivity contribution in [3.8, 4) is 0 Å². The molecule has 0 radical (unpaired) electrons. The van der Waals surface area contributed by atoms with E-state index >= 15 is 0 Å². The summed E-state index contributed by atoms with van der Waals surface area (Å²) in [7, 11) is 0. The molecule has 2 nitrogen and oxygen atoms in total. The van der Waals surface area contributed by atoms with Crippen LogP contribution in [0.5, 0.6) is 0 Å². The van der Waals surface area contributed by atoms with Gasteiger partial charge in [0.1, 0.15) is 0 Å². The molecule has 0 unspecified atom stereocenters. The highest BCUT2D eigenvalue weighted by molar-refractivity contribution is 4.70. The highest BCUT2D eigenvalue weighted by atomic mass is 16.5. The van der Waals surface area contributed by atoms with Crippen LogP contribution in [0.2, 0.25) is 0 Å². The molecule has 10 heavy (non-hydrogen) atoms. The highest BCUT2D eigenvalue weighted by Crippen LogP contribution is 2.07. The van der Waals surface area contributed by atoms with Crippen molar-refractivity contribution in [2.75, 3.05) is 13.1 Å². The van der Waals surface area contributed by atoms with E-state index in [2.05, 4.69) is 19.2 Å². The van der Waals surface area contributed by atoms with Crippen LogP contribution in [0.15, 0.2) is 0 Å². The standard InChI is InChI=1S/C8H17NO/c1-3-4-8-6-9-5-7(2)10-8/h7-9H,3-6H2,1-2H3/t7-,8+/m0/s1. The van der Waals surface area contributed by atoms with E-state index in [0.717, 1.165) is 13.1 Å². The third-order valence-electron chi connectivity index (χ3n) is 1.84. The lowest BCUT2D eigenvalue weighted by Crippen LogP contribution is -2.43. The Balaban J connectivity index is 2.18. The molecule has 1 heterocycles. The molecule has 0 aromatic carbocycles. The lowest BCUT2D eigenvalue weighted by atomic mass is 10.2. The molecule has 60 valence electrons. The van der Waals surface area contributed by atoms with Crippen LogP contribution in [0.4, 0.5) is 0 Å². The maximum atomic E-state index is 5.66. The van der Waals surface area contributed by atoms with E-state index < -0.39 is 0 Å². The predicted molar refractivity (Wildman–Crippen MR) is 42.1 cm³/mol. The molecule has 0 spiro atoms. The van der Waals surface area contributed by atoms with Gasteiger partial charge in [-0.3, -0.25) is 0 Å². The average molecular weight is 143 g/mol. The van der Waals surface area contributed by atoms with Crippen molar-refractivity contribution in [3.05, 3.63) is 0 Å². The number of hydrogen-bond donors (Lipinski definition) is 1. The van der Waals surface area contributed by atoms with Gasteiger partial charge in [0.25, 0.3) is 0 Å². The summed E-state index contributed by atoms with van der Waals surface area (Å²) in [6, 6.07) is 0. The van der Waals surface area contributed by atoms with Gasteiger partial charge in [-0.15, -0.1) is 0 Å². The average Bonchev–Trinajstić information content (AvgIpc) is 1.88. The SMILES string of the molecule is CCC[C@@H]1CNC[C@H](C)O1. The van der Waals surface area contributed by atoms with Gasteiger partial charge < -0.3 is 10.1 Å². The molecule has 0 bridgehead atoms. The van der Waals surface area contributed by atoms with E-state index in [1.807, 2.05) is 0 Å². The molecule has 1 rings (SSSR count). The van der Waals surface area contributed by atoms with E-state index in [1.165, 1.54) is 12.8 Å². The van der Waals surface area contributed by atoms with Gasteiger partial charge in [0.15, 0.2) is 0 Å². The Hall–Kier alpha value is -0.0800. The van der Waals surface area contributed by atoms with Crippen LogP contribution in [-0.4, -0.2) is 25.3 Å². The molecule has 1 aliphatic heterocycles. The zero-order chi connectivity index (χ0) is 7.40. The Morgan fingerprint density at radius 3 is 2.90 bits per heavy atom. The fourth-order valence-electron chi connectivity index (χ4n) is 1.36. The Bertz CT molecular complexity index is 93.3. The summed E-state index contributed by atoms with van der Waals surface area (Å²) in [5, 5.41) is 3.34. The minimum Gasteiger partial charge on any atom is -0.373 e. The monoisotopic (exact) mass is 143 g/mol. The maximum absolute atomic E-state index is 5.66. The van der Waals surface area contributed by atoms with Gasteiger partial charge in [-0.2, -0.15) is 0 Å². The van der Waals surface area contributed by atoms with Crippen molar-refractivity contribution in [1.82, 2.24) is 5.32 Å². The van der Waals surface area contributed by atoms with Gasteiger partial charge in [0.05, 0.1) is 12.2 Å². The first kappa shape index (κ1) is 8.02. The quantitative estimate of drug-likeness (QED) is 0.626. The molecule has 1 saturated heterocycles. The predicted octanol–water partition coefficient (Wildman–Crippen LogP) is 1.16. The third kappa shape index (κ3) is 2.27. The highest BCUT2D eigenvalue weighted by Gasteiger charge is 2.16. The topological polar surface area (TPSA) is 21.3 Å². The van der Waals surface area contributed by atoms with Crippen LogP contribution in [-0.2, 0) is 4.74 Å². The van der Waals surface area contributed by atoms with Gasteiger partial charge in [-0.25, -0.2) is 0 Å². The minimum atomic E-state index is 0.408. The summed E-state index contributed by atoms with van der Waals surface area (Å²) >= 11 is 0. The number of morpholine rings is 1. The van der Waals surface area contributed by atoms with Gasteiger partial charge in [0, 0.05) is 13.1 Å². The summed E-state index contributed by atoms with van der Waals surface area (Å²) < 4.78 is 5.66. The Morgan fingerprint density at radius 1 is 1.50 bits per heavy atom. The molecule has 0 aromatic heterocycles. The molecule has 2 atom stereocenters. The van der Waals surface area contributed by atoms with Gasteiger partial charge in [-0.05, 0) is 13.3 Å². The Kier molecular flexibility index (Phi) is 3.16. The molecule has 0 saturated carbocycles. The van der Waals surface area contributed by atoms with Crippen molar-refractivity contribution in [2.24, 2.45) is 0 Å². The first-order chi connectivity index (χ1) is 4.83. The van der Waals surface area contributed by atoms with Crippen LogP contribution in [0, 0.1) is 0 Å². The Morgan fingerprint density at radius 2 is 2.30 bits per heavy atom. The van der Waals surface area contributed by atoms with Crippen molar-refractivity contribution >= 4 is 0 Å². The lowest BCUT2D eigenvalue weighted by molar-refractivity contribution is -0.0309. The van der Waals surface area contributed by atoms with Crippen LogP contribution < -0.4 is 5.32 Å². The number of rotatable bonds is 2. The minimum absolute atomic E-state index is 0.408. The van der Waals surface area contributed by atoms with Gasteiger partial charge in [0.2, 0.25) is 0 Å². The smallest absolute Gasteiger partial charge is 0.0703 e. The van der Waals surface area contributed by atoms with E-state index in [0.29, 0.717) is 12.2 Å². The second-order valence-corrected chi connectivity index (χ2v) is 3.02. The molecular weight excluding hydrogens is 126 g/mol. The summed E-state index contributed by atoms with van der Waals surface area (Å²) in [6.45, 7) is 6.37. The molecular formula is C8H17NO. The Labute approximate surface area is 63.0 Å². The van der Waals surface area contributed by atoms with Crippen molar-refractivity contribution in [2.45, 2.75) is 38.9 Å². The van der Waals surface area contributed by atoms with E-state index in [9.17, 15) is 0 Å². The largest absolute Gasteiger partial charge is 0.373 e. The third-order valence-corrected chi connectivity index (χ3v) is 1.84. The molecule has 1 aliphatic rings. The fourth-order valence-corrected chi connectivity index (χ4v) is 1.36. The zero-order valence-electron chi connectivity index (χ0n) is 6.89. The molecule has 2 heteroatoms. The first-order valence-electron chi connectivity index (χ1n) is 4.19. The second-order valence-electron chi connectivity index (χ2n) is 3.02. The fraction of sp³-hybridized carbons (Fsp3) is 1.00. The summed E-state index contributed by atoms with van der Waals surface area (Å²) in [4.78, 5) is 0. The number of nitrogens with one attached hydrogen (secondary N) is 1. The van der Waals surface area contributed by atoms with Crippen LogP contribution in [0.1, 0.15) is 26.7 Å². The van der Waals surface area contributed by atoms with Crippen molar-refractivity contribution < 1.29 is 4.74 Å². The molecule has 1 fully saturated rings. The summed E-state index contributed by atoms with van der Waals surface area (Å²) in [5.41, 5.74) is 0. The van der Waals surface area contributed by atoms with Crippen LogP contribution in [0.3, 0.4) is 0 Å². The molecule has 0 aliphatic carbocycles. The van der Waals surface area contributed by atoms with Crippen molar-refractivity contribution in [1.29, 1.82) is 0 Å². The number of ether oxygens (including phenoxy) is 1. The van der Waals surface area contributed by atoms with E-state index in [4.69, 9.17) is 4.74 Å². The summed E-state index contributed by atoms with van der Waals surface area (Å²) in [6.07, 6.45) is 3.29. The van der Waals surface area contributed by atoms with E-state index in [1.54, 1.807) is 0 Å². The normalized spacial score (nSPS) is 34.2. The zero-order valence-corrected chi connectivity index (χ0v) is 6.89. The first-order valence-corrected chi connectivity index (χ1v) is 4.19. The molecule has 0 amide bonds. The van der Waals surface area contributed by atoms with Crippen LogP contribution >= 0.6 is 0 Å². The van der Waals surface area contributed by atoms with Crippen LogP contribution in [0.25, 0.3) is 0 Å². The number of hydrogen-bond acceptors (Lipinski definition) is 2. The lowest BCUT2D eigenvalue weighted by Gasteiger charge is -2.28. The molecule has 1 N–H and O–H groups in total. The van der Waals surface area contributed by atoms with Gasteiger partial charge >= 0.3 is 0 Å². The second kappa shape index (κ2) is 3.94. The van der Waals surface area contributed by atoms with Gasteiger partial charge in [-0.1, -0.05) is 13.3 Å². The van der Waals surface area contributed by atoms with E-state index in [-0.39, 0.29) is 0 Å². The van der Waals surface area contributed by atoms with Crippen molar-refractivity contribution in [3.63, 3.8) is 0 Å². The molecule has 0 aromatic rings. The summed E-state index contributed by atoms with van der Waals surface area (Å²) in [5.74, 6) is 0. The maximum Gasteiger partial charge on any atom is 0.0703 e.